The van der Waals surface area contributed by atoms with Gasteiger partial charge < -0.3 is 14.7 Å². The summed E-state index contributed by atoms with van der Waals surface area (Å²) in [5, 5.41) is 7.13. The van der Waals surface area contributed by atoms with Crippen LogP contribution in [0.15, 0.2) is 34.9 Å². The predicted molar refractivity (Wildman–Crippen MR) is 108 cm³/mol. The van der Waals surface area contributed by atoms with Crippen molar-refractivity contribution in [1.29, 1.82) is 0 Å². The second-order valence-corrected chi connectivity index (χ2v) is 8.73. The Bertz CT molecular complexity index is 823. The molecule has 0 saturated carbocycles. The van der Waals surface area contributed by atoms with E-state index in [1.165, 1.54) is 24.0 Å². The Morgan fingerprint density at radius 2 is 1.89 bits per heavy atom. The molecule has 1 aromatic carbocycles. The number of benzene rings is 1. The predicted octanol–water partition coefficient (Wildman–Crippen LogP) is 2.84. The van der Waals surface area contributed by atoms with E-state index in [9.17, 15) is 4.79 Å². The van der Waals surface area contributed by atoms with Gasteiger partial charge in [0.25, 0.3) is 5.91 Å². The Hall–Kier alpha value is -2.18. The Morgan fingerprint density at radius 3 is 2.68 bits per heavy atom. The van der Waals surface area contributed by atoms with Crippen LogP contribution in [0.2, 0.25) is 0 Å². The molecule has 2 aliphatic heterocycles. The fraction of sp³-hybridized carbons (Fsp3) is 0.545. The van der Waals surface area contributed by atoms with Crippen molar-refractivity contribution in [2.45, 2.75) is 51.7 Å². The fourth-order valence-corrected chi connectivity index (χ4v) is 4.31. The van der Waals surface area contributed by atoms with Crippen molar-refractivity contribution in [3.63, 3.8) is 0 Å². The average Bonchev–Trinajstić information content (AvgIpc) is 3.33. The molecule has 0 spiro atoms. The summed E-state index contributed by atoms with van der Waals surface area (Å²) in [6.07, 6.45) is 3.54. The van der Waals surface area contributed by atoms with E-state index in [1.54, 1.807) is 6.07 Å². The molecule has 0 bridgehead atoms. The number of amides is 1. The zero-order valence-electron chi connectivity index (χ0n) is 16.9. The van der Waals surface area contributed by atoms with Crippen LogP contribution in [0.3, 0.4) is 0 Å². The van der Waals surface area contributed by atoms with Crippen molar-refractivity contribution in [2.24, 2.45) is 0 Å². The van der Waals surface area contributed by atoms with Crippen molar-refractivity contribution in [2.75, 3.05) is 26.2 Å². The molecule has 28 heavy (non-hydrogen) atoms. The van der Waals surface area contributed by atoms with Gasteiger partial charge >= 0.3 is 0 Å². The first kappa shape index (κ1) is 19.2. The van der Waals surface area contributed by atoms with Crippen LogP contribution < -0.4 is 5.32 Å². The van der Waals surface area contributed by atoms with E-state index in [1.807, 2.05) is 0 Å². The largest absolute Gasteiger partial charge is 0.359 e. The number of aromatic nitrogens is 1. The molecular formula is C22H30N4O2. The molecule has 0 unspecified atom stereocenters. The molecule has 0 atom stereocenters. The molecule has 1 N–H and O–H groups in total. The van der Waals surface area contributed by atoms with Crippen LogP contribution in [-0.4, -0.2) is 52.6 Å². The number of likely N-dealkylation sites (tertiary alicyclic amines) is 1. The first-order valence-electron chi connectivity index (χ1n) is 10.3. The molecule has 3 heterocycles. The van der Waals surface area contributed by atoms with Gasteiger partial charge in [-0.05, 0) is 57.3 Å². The molecule has 1 fully saturated rings. The summed E-state index contributed by atoms with van der Waals surface area (Å²) in [4.78, 5) is 17.4. The molecule has 0 aliphatic carbocycles. The van der Waals surface area contributed by atoms with Gasteiger partial charge in [0.1, 0.15) is 0 Å². The maximum absolute atomic E-state index is 12.6. The van der Waals surface area contributed by atoms with Crippen molar-refractivity contribution < 1.29 is 9.32 Å². The van der Waals surface area contributed by atoms with Gasteiger partial charge in [0.15, 0.2) is 11.5 Å². The van der Waals surface area contributed by atoms with E-state index in [-0.39, 0.29) is 11.4 Å². The summed E-state index contributed by atoms with van der Waals surface area (Å²) in [5.74, 6) is 0.574. The summed E-state index contributed by atoms with van der Waals surface area (Å²) in [6.45, 7) is 9.79. The first-order valence-corrected chi connectivity index (χ1v) is 10.3. The SMILES string of the molecule is CC(C)(CN1CCCC1)NC(=O)c1cc(CN2CCc3ccccc3C2)on1. The summed E-state index contributed by atoms with van der Waals surface area (Å²) in [6, 6.07) is 10.3. The van der Waals surface area contributed by atoms with Crippen LogP contribution >= 0.6 is 0 Å². The van der Waals surface area contributed by atoms with Gasteiger partial charge in [-0.15, -0.1) is 0 Å². The minimum atomic E-state index is -0.295. The first-order chi connectivity index (χ1) is 13.5. The maximum atomic E-state index is 12.6. The Morgan fingerprint density at radius 1 is 1.14 bits per heavy atom. The number of carbonyl (C=O) groups is 1. The Labute approximate surface area is 166 Å². The average molecular weight is 383 g/mol. The lowest BCUT2D eigenvalue weighted by Crippen LogP contribution is -2.51. The maximum Gasteiger partial charge on any atom is 0.273 e. The smallest absolute Gasteiger partial charge is 0.273 e. The van der Waals surface area contributed by atoms with Crippen molar-refractivity contribution in [3.05, 3.63) is 52.9 Å². The van der Waals surface area contributed by atoms with Gasteiger partial charge in [-0.1, -0.05) is 29.4 Å². The normalized spacial score (nSPS) is 18.2. The van der Waals surface area contributed by atoms with Gasteiger partial charge in [-0.3, -0.25) is 9.69 Å². The number of nitrogens with one attached hydrogen (secondary N) is 1. The second-order valence-electron chi connectivity index (χ2n) is 8.73. The summed E-state index contributed by atoms with van der Waals surface area (Å²) >= 11 is 0. The molecule has 2 aromatic rings. The van der Waals surface area contributed by atoms with E-state index in [0.717, 1.165) is 44.9 Å². The standard InChI is InChI=1S/C22H30N4O2/c1-22(2,16-25-10-5-6-11-25)23-21(27)20-13-19(28-24-20)15-26-12-9-17-7-3-4-8-18(17)14-26/h3-4,7-8,13H,5-6,9-12,14-16H2,1-2H3,(H,23,27). The van der Waals surface area contributed by atoms with Crippen LogP contribution in [0, 0.1) is 0 Å². The molecule has 1 saturated heterocycles. The molecular weight excluding hydrogens is 352 g/mol. The zero-order valence-corrected chi connectivity index (χ0v) is 16.9. The molecule has 2 aliphatic rings. The highest BCUT2D eigenvalue weighted by atomic mass is 16.5. The van der Waals surface area contributed by atoms with Gasteiger partial charge in [-0.2, -0.15) is 0 Å². The van der Waals surface area contributed by atoms with Gasteiger partial charge in [-0.25, -0.2) is 0 Å². The summed E-state index contributed by atoms with van der Waals surface area (Å²) in [5.41, 5.74) is 2.87. The highest BCUT2D eigenvalue weighted by Gasteiger charge is 2.27. The fourth-order valence-electron chi connectivity index (χ4n) is 4.31. The number of hydrogen-bond donors (Lipinski definition) is 1. The molecule has 6 nitrogen and oxygen atoms in total. The van der Waals surface area contributed by atoms with Gasteiger partial charge in [0.2, 0.25) is 0 Å². The lowest BCUT2D eigenvalue weighted by molar-refractivity contribution is 0.0884. The minimum Gasteiger partial charge on any atom is -0.359 e. The number of hydrogen-bond acceptors (Lipinski definition) is 5. The quantitative estimate of drug-likeness (QED) is 0.832. The lowest BCUT2D eigenvalue weighted by Gasteiger charge is -2.30. The molecule has 0 radical (unpaired) electrons. The minimum absolute atomic E-state index is 0.164. The van der Waals surface area contributed by atoms with Crippen LogP contribution in [0.1, 0.15) is 54.1 Å². The topological polar surface area (TPSA) is 61.6 Å². The van der Waals surface area contributed by atoms with Crippen LogP contribution in [-0.2, 0) is 19.5 Å². The third-order valence-corrected chi connectivity index (χ3v) is 5.65. The van der Waals surface area contributed by atoms with Crippen LogP contribution in [0.5, 0.6) is 0 Å². The van der Waals surface area contributed by atoms with Gasteiger partial charge in [0, 0.05) is 31.2 Å². The number of nitrogens with zero attached hydrogens (tertiary/aromatic N) is 3. The molecule has 4 rings (SSSR count). The highest BCUT2D eigenvalue weighted by molar-refractivity contribution is 5.92. The summed E-state index contributed by atoms with van der Waals surface area (Å²) in [7, 11) is 0. The van der Waals surface area contributed by atoms with E-state index in [0.29, 0.717) is 12.2 Å². The molecule has 150 valence electrons. The van der Waals surface area contributed by atoms with E-state index in [2.05, 4.69) is 58.4 Å². The number of fused-ring (bicyclic) bond motifs is 1. The third kappa shape index (κ3) is 4.62. The third-order valence-electron chi connectivity index (χ3n) is 5.65. The van der Waals surface area contributed by atoms with Crippen molar-refractivity contribution >= 4 is 5.91 Å². The molecule has 1 amide bonds. The van der Waals surface area contributed by atoms with E-state index >= 15 is 0 Å². The number of carbonyl (C=O) groups excluding carboxylic acids is 1. The van der Waals surface area contributed by atoms with E-state index in [4.69, 9.17) is 4.52 Å². The Kier molecular flexibility index (Phi) is 5.51. The van der Waals surface area contributed by atoms with E-state index < -0.39 is 0 Å². The summed E-state index contributed by atoms with van der Waals surface area (Å²) < 4.78 is 5.46. The molecule has 1 aromatic heterocycles. The highest BCUT2D eigenvalue weighted by Crippen LogP contribution is 2.20. The van der Waals surface area contributed by atoms with Crippen LogP contribution in [0.4, 0.5) is 0 Å². The van der Waals surface area contributed by atoms with Crippen molar-refractivity contribution in [1.82, 2.24) is 20.3 Å². The van der Waals surface area contributed by atoms with Gasteiger partial charge in [0.05, 0.1) is 6.54 Å². The van der Waals surface area contributed by atoms with Crippen LogP contribution in [0.25, 0.3) is 0 Å². The monoisotopic (exact) mass is 382 g/mol. The second kappa shape index (κ2) is 8.05. The zero-order chi connectivity index (χ0) is 19.6. The Balaban J connectivity index is 1.33. The number of rotatable bonds is 6. The molecule has 6 heteroatoms. The van der Waals surface area contributed by atoms with Crippen molar-refractivity contribution in [3.8, 4) is 0 Å². The lowest BCUT2D eigenvalue weighted by atomic mass is 10.00.